The fourth-order valence-electron chi connectivity index (χ4n) is 1.93. The van der Waals surface area contributed by atoms with Gasteiger partial charge in [-0.3, -0.25) is 0 Å². The fourth-order valence-corrected chi connectivity index (χ4v) is 1.93. The van der Waals surface area contributed by atoms with Crippen LogP contribution in [0, 0.1) is 0 Å². The molecule has 0 aromatic carbocycles. The van der Waals surface area contributed by atoms with E-state index in [-0.39, 0.29) is 5.76 Å². The zero-order valence-electron chi connectivity index (χ0n) is 7.82. The van der Waals surface area contributed by atoms with Crippen molar-refractivity contribution in [1.82, 2.24) is 0 Å². The maximum Gasteiger partial charge on any atom is 0.371 e. The van der Waals surface area contributed by atoms with E-state index in [1.165, 1.54) is 0 Å². The number of aromatic carboxylic acids is 1. The lowest BCUT2D eigenvalue weighted by Gasteiger charge is -2.07. The Labute approximate surface area is 85.1 Å². The summed E-state index contributed by atoms with van der Waals surface area (Å²) in [6.07, 6.45) is 3.17. The summed E-state index contributed by atoms with van der Waals surface area (Å²) in [4.78, 5) is 10.8. The Bertz CT molecular complexity index is 533. The zero-order chi connectivity index (χ0) is 10.4. The molecule has 0 aliphatic heterocycles. The first-order chi connectivity index (χ1) is 7.25. The van der Waals surface area contributed by atoms with Gasteiger partial charge in [0.1, 0.15) is 11.5 Å². The third kappa shape index (κ3) is 1.11. The SMILES string of the molecule is O=C(O)c1cc2c(o1)-c1ccoc1CC2. The van der Waals surface area contributed by atoms with Gasteiger partial charge in [-0.2, -0.15) is 0 Å². The van der Waals surface area contributed by atoms with Gasteiger partial charge in [0.25, 0.3) is 0 Å². The molecule has 0 amide bonds. The monoisotopic (exact) mass is 204 g/mol. The summed E-state index contributed by atoms with van der Waals surface area (Å²) in [6.45, 7) is 0. The molecule has 0 saturated carbocycles. The number of hydrogen-bond acceptors (Lipinski definition) is 3. The Hall–Kier alpha value is -1.97. The average molecular weight is 204 g/mol. The Morgan fingerprint density at radius 1 is 1.40 bits per heavy atom. The number of carbonyl (C=O) groups is 1. The summed E-state index contributed by atoms with van der Waals surface area (Å²) in [7, 11) is 0. The summed E-state index contributed by atoms with van der Waals surface area (Å²) in [5.41, 5.74) is 1.82. The van der Waals surface area contributed by atoms with E-state index in [4.69, 9.17) is 13.9 Å². The lowest BCUT2D eigenvalue weighted by molar-refractivity contribution is 0.0663. The van der Waals surface area contributed by atoms with Crippen LogP contribution < -0.4 is 0 Å². The molecule has 2 aromatic rings. The second-order valence-electron chi connectivity index (χ2n) is 3.53. The van der Waals surface area contributed by atoms with E-state index < -0.39 is 5.97 Å². The third-order valence-electron chi connectivity index (χ3n) is 2.63. The number of aryl methyl sites for hydroxylation is 2. The summed E-state index contributed by atoms with van der Waals surface area (Å²) >= 11 is 0. The molecule has 0 spiro atoms. The van der Waals surface area contributed by atoms with Gasteiger partial charge in [0.05, 0.1) is 11.8 Å². The third-order valence-corrected chi connectivity index (χ3v) is 2.63. The predicted molar refractivity (Wildman–Crippen MR) is 50.8 cm³/mol. The molecule has 2 heterocycles. The molecule has 1 aliphatic rings. The normalized spacial score (nSPS) is 13.3. The number of furan rings is 2. The van der Waals surface area contributed by atoms with Crippen LogP contribution in [0.2, 0.25) is 0 Å². The van der Waals surface area contributed by atoms with E-state index in [0.29, 0.717) is 5.76 Å². The molecule has 76 valence electrons. The van der Waals surface area contributed by atoms with Crippen LogP contribution in [0.3, 0.4) is 0 Å². The first-order valence-electron chi connectivity index (χ1n) is 4.68. The van der Waals surface area contributed by atoms with E-state index in [2.05, 4.69) is 0 Å². The van der Waals surface area contributed by atoms with Crippen molar-refractivity contribution in [2.24, 2.45) is 0 Å². The Balaban J connectivity index is 2.20. The second-order valence-corrected chi connectivity index (χ2v) is 3.53. The van der Waals surface area contributed by atoms with Crippen LogP contribution in [-0.2, 0) is 12.8 Å². The molecule has 1 aliphatic carbocycles. The highest BCUT2D eigenvalue weighted by Gasteiger charge is 2.24. The number of fused-ring (bicyclic) bond motifs is 3. The predicted octanol–water partition coefficient (Wildman–Crippen LogP) is 2.34. The topological polar surface area (TPSA) is 63.6 Å². The molecular formula is C11H8O4. The van der Waals surface area contributed by atoms with Gasteiger partial charge >= 0.3 is 5.97 Å². The summed E-state index contributed by atoms with van der Waals surface area (Å²) in [6, 6.07) is 3.40. The maximum atomic E-state index is 10.8. The maximum absolute atomic E-state index is 10.8. The van der Waals surface area contributed by atoms with E-state index >= 15 is 0 Å². The minimum absolute atomic E-state index is 0.00551. The molecule has 4 heteroatoms. The molecule has 0 unspecified atom stereocenters. The van der Waals surface area contributed by atoms with Crippen LogP contribution >= 0.6 is 0 Å². The van der Waals surface area contributed by atoms with Crippen molar-refractivity contribution >= 4 is 5.97 Å². The molecule has 0 bridgehead atoms. The average Bonchev–Trinajstić information content (AvgIpc) is 2.82. The van der Waals surface area contributed by atoms with Crippen molar-refractivity contribution in [2.75, 3.05) is 0 Å². The highest BCUT2D eigenvalue weighted by molar-refractivity contribution is 5.86. The highest BCUT2D eigenvalue weighted by Crippen LogP contribution is 2.36. The van der Waals surface area contributed by atoms with E-state index in [1.54, 1.807) is 12.3 Å². The lowest BCUT2D eigenvalue weighted by atomic mass is 9.97. The number of carboxylic acids is 1. The zero-order valence-corrected chi connectivity index (χ0v) is 7.82. The molecule has 2 aromatic heterocycles. The van der Waals surface area contributed by atoms with E-state index in [1.807, 2.05) is 6.07 Å². The molecule has 0 radical (unpaired) electrons. The van der Waals surface area contributed by atoms with Gasteiger partial charge < -0.3 is 13.9 Å². The van der Waals surface area contributed by atoms with Crippen LogP contribution in [-0.4, -0.2) is 11.1 Å². The largest absolute Gasteiger partial charge is 0.475 e. The van der Waals surface area contributed by atoms with Crippen molar-refractivity contribution in [1.29, 1.82) is 0 Å². The Morgan fingerprint density at radius 3 is 3.07 bits per heavy atom. The van der Waals surface area contributed by atoms with Gasteiger partial charge in [-0.05, 0) is 24.1 Å². The van der Waals surface area contributed by atoms with Gasteiger partial charge in [-0.15, -0.1) is 0 Å². The first-order valence-corrected chi connectivity index (χ1v) is 4.68. The highest BCUT2D eigenvalue weighted by atomic mass is 16.4. The Morgan fingerprint density at radius 2 is 2.27 bits per heavy atom. The summed E-state index contributed by atoms with van der Waals surface area (Å²) < 4.78 is 10.6. The smallest absolute Gasteiger partial charge is 0.371 e. The Kier molecular flexibility index (Phi) is 1.54. The number of hydrogen-bond donors (Lipinski definition) is 1. The van der Waals surface area contributed by atoms with Crippen molar-refractivity contribution in [3.05, 3.63) is 35.5 Å². The van der Waals surface area contributed by atoms with Crippen molar-refractivity contribution < 1.29 is 18.7 Å². The molecule has 0 fully saturated rings. The van der Waals surface area contributed by atoms with Crippen molar-refractivity contribution in [3.63, 3.8) is 0 Å². The first kappa shape index (κ1) is 8.35. The molecule has 4 nitrogen and oxygen atoms in total. The molecule has 15 heavy (non-hydrogen) atoms. The van der Waals surface area contributed by atoms with Gasteiger partial charge in [0.2, 0.25) is 5.76 Å². The van der Waals surface area contributed by atoms with E-state index in [9.17, 15) is 4.79 Å². The standard InChI is InChI=1S/C11H8O4/c12-11(13)9-5-6-1-2-8-7(3-4-14-8)10(6)15-9/h3-5H,1-2H2,(H,12,13). The summed E-state index contributed by atoms with van der Waals surface area (Å²) in [5.74, 6) is 0.472. The van der Waals surface area contributed by atoms with Gasteiger partial charge in [-0.1, -0.05) is 0 Å². The van der Waals surface area contributed by atoms with Crippen LogP contribution in [0.25, 0.3) is 11.3 Å². The molecular weight excluding hydrogens is 196 g/mol. The van der Waals surface area contributed by atoms with Gasteiger partial charge in [-0.25, -0.2) is 4.79 Å². The van der Waals surface area contributed by atoms with Gasteiger partial charge in [0, 0.05) is 6.42 Å². The molecule has 1 N–H and O–H groups in total. The van der Waals surface area contributed by atoms with Crippen LogP contribution in [0.5, 0.6) is 0 Å². The number of rotatable bonds is 1. The summed E-state index contributed by atoms with van der Waals surface area (Å²) in [5, 5.41) is 8.82. The van der Waals surface area contributed by atoms with Crippen molar-refractivity contribution in [2.45, 2.75) is 12.8 Å². The fraction of sp³-hybridized carbons (Fsp3) is 0.182. The molecule has 3 rings (SSSR count). The van der Waals surface area contributed by atoms with Crippen LogP contribution in [0.1, 0.15) is 21.9 Å². The minimum atomic E-state index is -1.03. The van der Waals surface area contributed by atoms with Gasteiger partial charge in [0.15, 0.2) is 0 Å². The quantitative estimate of drug-likeness (QED) is 0.774. The lowest BCUT2D eigenvalue weighted by Crippen LogP contribution is -1.97. The second kappa shape index (κ2) is 2.76. The number of carboxylic acid groups (broad SMARTS) is 1. The van der Waals surface area contributed by atoms with Crippen LogP contribution in [0.4, 0.5) is 0 Å². The molecule has 0 atom stereocenters. The van der Waals surface area contributed by atoms with Crippen molar-refractivity contribution in [3.8, 4) is 11.3 Å². The van der Waals surface area contributed by atoms with E-state index in [0.717, 1.165) is 29.7 Å². The van der Waals surface area contributed by atoms with Crippen LogP contribution in [0.15, 0.2) is 27.2 Å². The minimum Gasteiger partial charge on any atom is -0.475 e. The molecule has 0 saturated heterocycles.